The fourth-order valence-electron chi connectivity index (χ4n) is 9.63. The van der Waals surface area contributed by atoms with Crippen LogP contribution in [0.2, 0.25) is 0 Å². The van der Waals surface area contributed by atoms with E-state index in [2.05, 4.69) is 27.7 Å². The SMILES string of the molecule is CC[C@H]1[C@H](O)C2C3CC[C@H]([C@H](C)CCCO)[C@@]3(C)CCC2[C@@]2(C)CCCC[C@@H]12. The standard InChI is InChI=1S/C26H46O2/c1-5-18-20-10-6-7-14-25(20,3)22-13-15-26(4)19(17(2)9-8-16-27)11-12-21(26)23(22)24(18)28/h17-24,27-28H,5-16H2,1-4H3/t17-,18-,19-,20+,21?,22?,23?,24+,25+,26-/m1/s1. The van der Waals surface area contributed by atoms with Crippen LogP contribution in [0.15, 0.2) is 0 Å². The van der Waals surface area contributed by atoms with Crippen LogP contribution in [0, 0.1) is 52.3 Å². The van der Waals surface area contributed by atoms with Crippen LogP contribution in [0.25, 0.3) is 0 Å². The van der Waals surface area contributed by atoms with Crippen molar-refractivity contribution in [2.75, 3.05) is 6.61 Å². The summed E-state index contributed by atoms with van der Waals surface area (Å²) in [7, 11) is 0. The summed E-state index contributed by atoms with van der Waals surface area (Å²) in [5.74, 6) is 4.79. The van der Waals surface area contributed by atoms with E-state index in [0.29, 0.717) is 35.2 Å². The number of hydrogen-bond acceptors (Lipinski definition) is 2. The zero-order valence-corrected chi connectivity index (χ0v) is 19.0. The molecule has 2 heteroatoms. The van der Waals surface area contributed by atoms with Crippen molar-refractivity contribution in [3.05, 3.63) is 0 Å². The monoisotopic (exact) mass is 390 g/mol. The van der Waals surface area contributed by atoms with Gasteiger partial charge in [-0.15, -0.1) is 0 Å². The molecule has 10 atom stereocenters. The molecule has 28 heavy (non-hydrogen) atoms. The van der Waals surface area contributed by atoms with Gasteiger partial charge in [0.25, 0.3) is 0 Å². The van der Waals surface area contributed by atoms with E-state index >= 15 is 0 Å². The van der Waals surface area contributed by atoms with Gasteiger partial charge in [0.05, 0.1) is 6.10 Å². The summed E-state index contributed by atoms with van der Waals surface area (Å²) < 4.78 is 0. The van der Waals surface area contributed by atoms with E-state index in [9.17, 15) is 10.2 Å². The highest BCUT2D eigenvalue weighted by Gasteiger charge is 2.64. The number of rotatable bonds is 5. The molecule has 0 aromatic carbocycles. The Kier molecular flexibility index (Phi) is 5.95. The lowest BCUT2D eigenvalue weighted by Gasteiger charge is -2.64. The second-order valence-electron chi connectivity index (χ2n) is 11.8. The number of hydrogen-bond donors (Lipinski definition) is 2. The van der Waals surface area contributed by atoms with E-state index in [0.717, 1.165) is 42.9 Å². The fraction of sp³-hybridized carbons (Fsp3) is 1.00. The molecule has 0 amide bonds. The van der Waals surface area contributed by atoms with Gasteiger partial charge >= 0.3 is 0 Å². The molecule has 2 nitrogen and oxygen atoms in total. The van der Waals surface area contributed by atoms with Gasteiger partial charge in [-0.1, -0.05) is 47.0 Å². The molecular weight excluding hydrogens is 344 g/mol. The van der Waals surface area contributed by atoms with Crippen molar-refractivity contribution in [2.24, 2.45) is 52.3 Å². The maximum atomic E-state index is 11.7. The molecule has 0 aliphatic heterocycles. The lowest BCUT2D eigenvalue weighted by atomic mass is 9.41. The zero-order valence-electron chi connectivity index (χ0n) is 19.0. The summed E-state index contributed by atoms with van der Waals surface area (Å²) in [6.45, 7) is 10.3. The molecule has 0 aromatic heterocycles. The first-order chi connectivity index (χ1) is 13.4. The molecule has 4 fully saturated rings. The fourth-order valence-corrected chi connectivity index (χ4v) is 9.63. The molecule has 0 aromatic rings. The van der Waals surface area contributed by atoms with E-state index in [4.69, 9.17) is 0 Å². The zero-order chi connectivity index (χ0) is 20.1. The quantitative estimate of drug-likeness (QED) is 0.600. The van der Waals surface area contributed by atoms with Crippen LogP contribution in [-0.4, -0.2) is 22.9 Å². The summed E-state index contributed by atoms with van der Waals surface area (Å²) in [5, 5.41) is 21.0. The minimum absolute atomic E-state index is 0.0673. The molecule has 2 N–H and O–H groups in total. The lowest BCUT2D eigenvalue weighted by molar-refractivity contribution is -0.194. The summed E-state index contributed by atoms with van der Waals surface area (Å²) >= 11 is 0. The van der Waals surface area contributed by atoms with Crippen molar-refractivity contribution >= 4 is 0 Å². The van der Waals surface area contributed by atoms with E-state index < -0.39 is 0 Å². The summed E-state index contributed by atoms with van der Waals surface area (Å²) in [4.78, 5) is 0. The van der Waals surface area contributed by atoms with Crippen molar-refractivity contribution in [3.63, 3.8) is 0 Å². The summed E-state index contributed by atoms with van der Waals surface area (Å²) in [6, 6.07) is 0. The Bertz CT molecular complexity index is 547. The second-order valence-corrected chi connectivity index (χ2v) is 11.8. The Morgan fingerprint density at radius 2 is 1.68 bits per heavy atom. The number of aliphatic hydroxyl groups excluding tert-OH is 2. The molecule has 4 saturated carbocycles. The molecule has 4 aliphatic rings. The molecular formula is C26H46O2. The maximum absolute atomic E-state index is 11.7. The van der Waals surface area contributed by atoms with Crippen LogP contribution in [0.1, 0.15) is 98.3 Å². The highest BCUT2D eigenvalue weighted by atomic mass is 16.3. The Hall–Kier alpha value is -0.0800. The highest BCUT2D eigenvalue weighted by molar-refractivity contribution is 5.13. The molecule has 4 aliphatic carbocycles. The molecule has 0 heterocycles. The van der Waals surface area contributed by atoms with E-state index in [1.807, 2.05) is 0 Å². The third-order valence-electron chi connectivity index (χ3n) is 10.9. The number of fused-ring (bicyclic) bond motifs is 5. The minimum atomic E-state index is -0.0673. The Balaban J connectivity index is 1.63. The first-order valence-corrected chi connectivity index (χ1v) is 12.7. The van der Waals surface area contributed by atoms with E-state index in [1.165, 1.54) is 51.4 Å². The van der Waals surface area contributed by atoms with Gasteiger partial charge in [-0.2, -0.15) is 0 Å². The molecule has 162 valence electrons. The van der Waals surface area contributed by atoms with Gasteiger partial charge in [0.2, 0.25) is 0 Å². The average Bonchev–Trinajstić information content (AvgIpc) is 3.04. The van der Waals surface area contributed by atoms with Gasteiger partial charge in [-0.25, -0.2) is 0 Å². The van der Waals surface area contributed by atoms with Crippen LogP contribution in [-0.2, 0) is 0 Å². The highest BCUT2D eigenvalue weighted by Crippen LogP contribution is 2.69. The first kappa shape index (κ1) is 21.2. The predicted molar refractivity (Wildman–Crippen MR) is 116 cm³/mol. The van der Waals surface area contributed by atoms with Crippen molar-refractivity contribution in [2.45, 2.75) is 104 Å². The predicted octanol–water partition coefficient (Wildman–Crippen LogP) is 6.05. The lowest BCUT2D eigenvalue weighted by Crippen LogP contribution is -2.61. The Morgan fingerprint density at radius 1 is 0.929 bits per heavy atom. The molecule has 0 radical (unpaired) electrons. The van der Waals surface area contributed by atoms with Crippen LogP contribution in [0.3, 0.4) is 0 Å². The molecule has 0 spiro atoms. The first-order valence-electron chi connectivity index (χ1n) is 12.7. The molecule has 3 unspecified atom stereocenters. The minimum Gasteiger partial charge on any atom is -0.396 e. The van der Waals surface area contributed by atoms with Crippen LogP contribution >= 0.6 is 0 Å². The van der Waals surface area contributed by atoms with Gasteiger partial charge < -0.3 is 10.2 Å². The van der Waals surface area contributed by atoms with Crippen molar-refractivity contribution in [3.8, 4) is 0 Å². The topological polar surface area (TPSA) is 40.5 Å². The Morgan fingerprint density at radius 3 is 2.39 bits per heavy atom. The van der Waals surface area contributed by atoms with Gasteiger partial charge in [-0.05, 0) is 104 Å². The van der Waals surface area contributed by atoms with Gasteiger partial charge in [0.15, 0.2) is 0 Å². The third-order valence-corrected chi connectivity index (χ3v) is 10.9. The second kappa shape index (κ2) is 7.88. The normalized spacial score (nSPS) is 51.9. The number of aliphatic hydroxyl groups is 2. The smallest absolute Gasteiger partial charge is 0.0605 e. The maximum Gasteiger partial charge on any atom is 0.0605 e. The van der Waals surface area contributed by atoms with Crippen LogP contribution < -0.4 is 0 Å². The largest absolute Gasteiger partial charge is 0.396 e. The summed E-state index contributed by atoms with van der Waals surface area (Å²) in [6.07, 6.45) is 14.2. The molecule has 0 saturated heterocycles. The van der Waals surface area contributed by atoms with Crippen molar-refractivity contribution in [1.82, 2.24) is 0 Å². The van der Waals surface area contributed by atoms with Crippen LogP contribution in [0.4, 0.5) is 0 Å². The van der Waals surface area contributed by atoms with Crippen molar-refractivity contribution < 1.29 is 10.2 Å². The third kappa shape index (κ3) is 3.03. The average molecular weight is 391 g/mol. The molecule has 4 rings (SSSR count). The van der Waals surface area contributed by atoms with Gasteiger partial charge in [-0.3, -0.25) is 0 Å². The van der Waals surface area contributed by atoms with E-state index in [1.54, 1.807) is 0 Å². The van der Waals surface area contributed by atoms with Gasteiger partial charge in [0.1, 0.15) is 0 Å². The van der Waals surface area contributed by atoms with E-state index in [-0.39, 0.29) is 6.10 Å². The Labute approximate surface area is 173 Å². The van der Waals surface area contributed by atoms with Gasteiger partial charge in [0, 0.05) is 6.61 Å². The summed E-state index contributed by atoms with van der Waals surface area (Å²) in [5.41, 5.74) is 0.887. The van der Waals surface area contributed by atoms with Crippen LogP contribution in [0.5, 0.6) is 0 Å². The van der Waals surface area contributed by atoms with Crippen molar-refractivity contribution in [1.29, 1.82) is 0 Å². The molecule has 0 bridgehead atoms.